The Balaban J connectivity index is 2.37. The number of hydrogen-bond donors (Lipinski definition) is 0. The number of hydrogen-bond acceptors (Lipinski definition) is 3. The summed E-state index contributed by atoms with van der Waals surface area (Å²) in [6, 6.07) is 1.92. The van der Waals surface area contributed by atoms with Crippen LogP contribution in [-0.4, -0.2) is 37.1 Å². The quantitative estimate of drug-likeness (QED) is 0.772. The molecule has 15 heavy (non-hydrogen) atoms. The molecule has 0 aliphatic rings. The van der Waals surface area contributed by atoms with E-state index in [-0.39, 0.29) is 0 Å². The van der Waals surface area contributed by atoms with Gasteiger partial charge >= 0.3 is 0 Å². The van der Waals surface area contributed by atoms with Crippen molar-refractivity contribution in [2.75, 3.05) is 27.2 Å². The van der Waals surface area contributed by atoms with E-state index < -0.39 is 0 Å². The molecule has 0 atom stereocenters. The Morgan fingerprint density at radius 2 is 2.13 bits per heavy atom. The largest absolute Gasteiger partial charge is 0.477 e. The molecule has 1 heterocycles. The van der Waals surface area contributed by atoms with Gasteiger partial charge in [-0.2, -0.15) is 0 Å². The molecule has 84 valence electrons. The summed E-state index contributed by atoms with van der Waals surface area (Å²) in [5, 5.41) is 0. The molecule has 0 N–H and O–H groups in total. The summed E-state index contributed by atoms with van der Waals surface area (Å²) in [5.41, 5.74) is 0. The van der Waals surface area contributed by atoms with Crippen molar-refractivity contribution in [3.05, 3.63) is 21.2 Å². The van der Waals surface area contributed by atoms with Crippen LogP contribution in [0.15, 0.2) is 21.2 Å². The maximum atomic E-state index is 5.54. The van der Waals surface area contributed by atoms with E-state index in [1.165, 1.54) is 0 Å². The van der Waals surface area contributed by atoms with Gasteiger partial charge in [0.2, 0.25) is 5.88 Å². The Kier molecular flexibility index (Phi) is 5.56. The van der Waals surface area contributed by atoms with Crippen molar-refractivity contribution in [2.24, 2.45) is 0 Å². The third-order valence-corrected chi connectivity index (χ3v) is 2.76. The molecule has 5 heteroatoms. The van der Waals surface area contributed by atoms with E-state index in [4.69, 9.17) is 4.74 Å². The Bertz CT molecular complexity index is 318. The van der Waals surface area contributed by atoms with Crippen LogP contribution in [0.25, 0.3) is 0 Å². The molecule has 0 aromatic carbocycles. The first kappa shape index (κ1) is 12.9. The zero-order valence-electron chi connectivity index (χ0n) is 8.83. The van der Waals surface area contributed by atoms with Crippen molar-refractivity contribution in [2.45, 2.75) is 6.42 Å². The summed E-state index contributed by atoms with van der Waals surface area (Å²) in [7, 11) is 4.10. The molecule has 0 unspecified atom stereocenters. The van der Waals surface area contributed by atoms with Crippen LogP contribution in [-0.2, 0) is 0 Å². The molecule has 0 amide bonds. The number of rotatable bonds is 5. The molecule has 0 aliphatic heterocycles. The van der Waals surface area contributed by atoms with E-state index in [0.717, 1.165) is 21.9 Å². The average Bonchev–Trinajstić information content (AvgIpc) is 2.14. The summed E-state index contributed by atoms with van der Waals surface area (Å²) in [4.78, 5) is 6.30. The van der Waals surface area contributed by atoms with Gasteiger partial charge in [-0.05, 0) is 58.4 Å². The fraction of sp³-hybridized carbons (Fsp3) is 0.500. The van der Waals surface area contributed by atoms with Crippen molar-refractivity contribution in [1.29, 1.82) is 0 Å². The first-order chi connectivity index (χ1) is 7.09. The minimum atomic E-state index is 0.650. The molecule has 0 bridgehead atoms. The van der Waals surface area contributed by atoms with Gasteiger partial charge in [-0.3, -0.25) is 0 Å². The molecule has 0 saturated heterocycles. The van der Waals surface area contributed by atoms with Crippen LogP contribution in [0.4, 0.5) is 0 Å². The number of aromatic nitrogens is 1. The number of ether oxygens (including phenoxy) is 1. The molecule has 0 saturated carbocycles. The molecule has 0 fully saturated rings. The maximum absolute atomic E-state index is 5.54. The van der Waals surface area contributed by atoms with Crippen molar-refractivity contribution < 1.29 is 4.74 Å². The van der Waals surface area contributed by atoms with Crippen LogP contribution >= 0.6 is 31.9 Å². The summed E-state index contributed by atoms with van der Waals surface area (Å²) < 4.78 is 7.35. The fourth-order valence-corrected chi connectivity index (χ4v) is 2.16. The first-order valence-corrected chi connectivity index (χ1v) is 6.27. The number of halogens is 2. The minimum Gasteiger partial charge on any atom is -0.477 e. The lowest BCUT2D eigenvalue weighted by Gasteiger charge is -2.10. The number of nitrogens with zero attached hydrogens (tertiary/aromatic N) is 2. The summed E-state index contributed by atoms with van der Waals surface area (Å²) in [5.74, 6) is 0.650. The predicted molar refractivity (Wildman–Crippen MR) is 68.3 cm³/mol. The van der Waals surface area contributed by atoms with E-state index in [1.54, 1.807) is 6.20 Å². The van der Waals surface area contributed by atoms with Crippen LogP contribution < -0.4 is 4.74 Å². The van der Waals surface area contributed by atoms with Gasteiger partial charge in [-0.1, -0.05) is 0 Å². The molecule has 0 aliphatic carbocycles. The highest BCUT2D eigenvalue weighted by molar-refractivity contribution is 9.11. The zero-order chi connectivity index (χ0) is 11.3. The highest BCUT2D eigenvalue weighted by Gasteiger charge is 2.02. The highest BCUT2D eigenvalue weighted by atomic mass is 79.9. The van der Waals surface area contributed by atoms with Gasteiger partial charge in [0.05, 0.1) is 11.1 Å². The standard InChI is InChI=1S/C10H14Br2N2O/c1-14(2)4-3-5-15-10-9(12)6-8(11)7-13-10/h6-7H,3-5H2,1-2H3. The lowest BCUT2D eigenvalue weighted by atomic mass is 10.4. The van der Waals surface area contributed by atoms with Crippen LogP contribution in [0, 0.1) is 0 Å². The van der Waals surface area contributed by atoms with Gasteiger partial charge < -0.3 is 9.64 Å². The number of pyridine rings is 1. The van der Waals surface area contributed by atoms with Gasteiger partial charge in [-0.25, -0.2) is 4.98 Å². The summed E-state index contributed by atoms with van der Waals surface area (Å²) >= 11 is 6.74. The molecule has 0 radical (unpaired) electrons. The lowest BCUT2D eigenvalue weighted by molar-refractivity contribution is 0.271. The van der Waals surface area contributed by atoms with Crippen molar-refractivity contribution in [1.82, 2.24) is 9.88 Å². The van der Waals surface area contributed by atoms with Gasteiger partial charge in [0.1, 0.15) is 0 Å². The fourth-order valence-electron chi connectivity index (χ4n) is 1.06. The third-order valence-electron chi connectivity index (χ3n) is 1.76. The van der Waals surface area contributed by atoms with E-state index in [9.17, 15) is 0 Å². The third kappa shape index (κ3) is 4.95. The Morgan fingerprint density at radius 3 is 2.73 bits per heavy atom. The van der Waals surface area contributed by atoms with E-state index >= 15 is 0 Å². The van der Waals surface area contributed by atoms with Crippen molar-refractivity contribution >= 4 is 31.9 Å². The molecule has 0 spiro atoms. The second kappa shape index (κ2) is 6.45. The zero-order valence-corrected chi connectivity index (χ0v) is 12.0. The first-order valence-electron chi connectivity index (χ1n) is 4.68. The molecular formula is C10H14Br2N2O. The molecular weight excluding hydrogens is 324 g/mol. The predicted octanol–water partition coefficient (Wildman–Crippen LogP) is 2.94. The van der Waals surface area contributed by atoms with Crippen LogP contribution in [0.2, 0.25) is 0 Å². The molecule has 1 aromatic heterocycles. The maximum Gasteiger partial charge on any atom is 0.228 e. The van der Waals surface area contributed by atoms with E-state index in [0.29, 0.717) is 12.5 Å². The molecule has 1 rings (SSSR count). The van der Waals surface area contributed by atoms with Crippen LogP contribution in [0.3, 0.4) is 0 Å². The van der Waals surface area contributed by atoms with Crippen molar-refractivity contribution in [3.63, 3.8) is 0 Å². The SMILES string of the molecule is CN(C)CCCOc1ncc(Br)cc1Br. The molecule has 3 nitrogen and oxygen atoms in total. The summed E-state index contributed by atoms with van der Waals surface area (Å²) in [6.45, 7) is 1.71. The monoisotopic (exact) mass is 336 g/mol. The van der Waals surface area contributed by atoms with Crippen molar-refractivity contribution in [3.8, 4) is 5.88 Å². The minimum absolute atomic E-state index is 0.650. The topological polar surface area (TPSA) is 25.4 Å². The smallest absolute Gasteiger partial charge is 0.228 e. The van der Waals surface area contributed by atoms with Gasteiger partial charge in [0, 0.05) is 17.2 Å². The summed E-state index contributed by atoms with van der Waals surface area (Å²) in [6.07, 6.45) is 2.73. The van der Waals surface area contributed by atoms with Gasteiger partial charge in [-0.15, -0.1) is 0 Å². The second-order valence-electron chi connectivity index (χ2n) is 3.45. The Hall–Kier alpha value is -0.130. The second-order valence-corrected chi connectivity index (χ2v) is 5.22. The lowest BCUT2D eigenvalue weighted by Crippen LogP contribution is -2.15. The highest BCUT2D eigenvalue weighted by Crippen LogP contribution is 2.25. The Morgan fingerprint density at radius 1 is 1.40 bits per heavy atom. The normalized spacial score (nSPS) is 10.7. The van der Waals surface area contributed by atoms with Gasteiger partial charge in [0.15, 0.2) is 0 Å². The van der Waals surface area contributed by atoms with Gasteiger partial charge in [0.25, 0.3) is 0 Å². The Labute approximate surface area is 107 Å². The van der Waals surface area contributed by atoms with Crippen LogP contribution in [0.5, 0.6) is 5.88 Å². The average molecular weight is 338 g/mol. The van der Waals surface area contributed by atoms with E-state index in [2.05, 4.69) is 41.7 Å². The van der Waals surface area contributed by atoms with E-state index in [1.807, 2.05) is 20.2 Å². The van der Waals surface area contributed by atoms with Crippen LogP contribution in [0.1, 0.15) is 6.42 Å². The molecule has 1 aromatic rings.